The number of rotatable bonds is 3. The van der Waals surface area contributed by atoms with Gasteiger partial charge in [0.25, 0.3) is 0 Å². The van der Waals surface area contributed by atoms with Crippen LogP contribution in [0.5, 0.6) is 0 Å². The van der Waals surface area contributed by atoms with Crippen molar-refractivity contribution in [3.8, 4) is 22.6 Å². The minimum atomic E-state index is 0.541. The maximum Gasteiger partial charge on any atom is 0.247 e. The Labute approximate surface area is 163 Å². The predicted octanol–water partition coefficient (Wildman–Crippen LogP) is 4.65. The van der Waals surface area contributed by atoms with E-state index >= 15 is 0 Å². The van der Waals surface area contributed by atoms with Crippen LogP contribution in [0.15, 0.2) is 53.1 Å². The average molecular weight is 371 g/mol. The molecule has 140 valence electrons. The summed E-state index contributed by atoms with van der Waals surface area (Å²) in [5.41, 5.74) is 5.00. The van der Waals surface area contributed by atoms with E-state index in [1.807, 2.05) is 24.4 Å². The van der Waals surface area contributed by atoms with Crippen LogP contribution in [0, 0.1) is 6.92 Å². The van der Waals surface area contributed by atoms with Gasteiger partial charge in [0, 0.05) is 25.6 Å². The minimum Gasteiger partial charge on any atom is -0.421 e. The van der Waals surface area contributed by atoms with Crippen LogP contribution in [0.25, 0.3) is 33.6 Å². The van der Waals surface area contributed by atoms with Gasteiger partial charge in [-0.15, -0.1) is 10.2 Å². The van der Waals surface area contributed by atoms with Crippen LogP contribution in [-0.4, -0.2) is 33.3 Å². The fourth-order valence-corrected chi connectivity index (χ4v) is 3.68. The van der Waals surface area contributed by atoms with Crippen molar-refractivity contribution >= 4 is 16.9 Å². The molecule has 0 N–H and O–H groups in total. The number of piperidine rings is 1. The van der Waals surface area contributed by atoms with E-state index in [4.69, 9.17) is 9.40 Å². The molecule has 0 radical (unpaired) electrons. The van der Waals surface area contributed by atoms with Crippen LogP contribution in [0.1, 0.15) is 25.2 Å². The van der Waals surface area contributed by atoms with Gasteiger partial charge in [0.2, 0.25) is 11.8 Å². The minimum absolute atomic E-state index is 0.541. The first kappa shape index (κ1) is 16.9. The summed E-state index contributed by atoms with van der Waals surface area (Å²) in [5, 5.41) is 7.96. The van der Waals surface area contributed by atoms with Gasteiger partial charge in [-0.05, 0) is 54.7 Å². The van der Waals surface area contributed by atoms with Crippen molar-refractivity contribution in [2.75, 3.05) is 18.0 Å². The normalized spacial score (nSPS) is 14.5. The van der Waals surface area contributed by atoms with E-state index in [-0.39, 0.29) is 0 Å². The molecule has 4 aromatic rings. The summed E-state index contributed by atoms with van der Waals surface area (Å²) in [6.07, 6.45) is 5.66. The number of aryl methyl sites for hydroxylation is 1. The zero-order valence-electron chi connectivity index (χ0n) is 15.8. The Kier molecular flexibility index (Phi) is 4.24. The Bertz CT molecular complexity index is 1110. The van der Waals surface area contributed by atoms with Crippen molar-refractivity contribution in [3.63, 3.8) is 0 Å². The van der Waals surface area contributed by atoms with E-state index in [0.29, 0.717) is 11.8 Å². The highest BCUT2D eigenvalue weighted by Crippen LogP contribution is 2.27. The van der Waals surface area contributed by atoms with E-state index in [9.17, 15) is 0 Å². The molecule has 0 amide bonds. The van der Waals surface area contributed by atoms with Gasteiger partial charge in [0.1, 0.15) is 5.82 Å². The molecule has 2 aromatic heterocycles. The van der Waals surface area contributed by atoms with Crippen LogP contribution in [-0.2, 0) is 0 Å². The topological polar surface area (TPSA) is 67.9 Å². The number of benzene rings is 2. The number of nitrogens with zero attached hydrogens (tertiary/aromatic N) is 5. The van der Waals surface area contributed by atoms with Crippen molar-refractivity contribution < 1.29 is 4.42 Å². The van der Waals surface area contributed by atoms with Gasteiger partial charge in [-0.1, -0.05) is 18.2 Å². The number of anilines is 1. The summed E-state index contributed by atoms with van der Waals surface area (Å²) in [4.78, 5) is 11.8. The van der Waals surface area contributed by atoms with Crippen molar-refractivity contribution in [1.82, 2.24) is 20.2 Å². The van der Waals surface area contributed by atoms with Gasteiger partial charge in [-0.25, -0.2) is 4.98 Å². The first-order chi connectivity index (χ1) is 13.8. The molecular formula is C22H21N5O. The molecule has 2 aromatic carbocycles. The molecule has 0 unspecified atom stereocenters. The fraction of sp³-hybridized carbons (Fsp3) is 0.273. The molecule has 1 aliphatic rings. The highest BCUT2D eigenvalue weighted by molar-refractivity contribution is 5.82. The Morgan fingerprint density at radius 2 is 1.57 bits per heavy atom. The number of hydrogen-bond acceptors (Lipinski definition) is 6. The number of hydrogen-bond donors (Lipinski definition) is 0. The summed E-state index contributed by atoms with van der Waals surface area (Å²) in [6.45, 7) is 3.92. The molecule has 0 atom stereocenters. The Balaban J connectivity index is 1.46. The molecule has 6 nitrogen and oxygen atoms in total. The lowest BCUT2D eigenvalue weighted by atomic mass is 10.0. The smallest absolute Gasteiger partial charge is 0.247 e. The molecule has 28 heavy (non-hydrogen) atoms. The second kappa shape index (κ2) is 7.03. The summed E-state index contributed by atoms with van der Waals surface area (Å²) in [7, 11) is 0. The summed E-state index contributed by atoms with van der Waals surface area (Å²) in [6, 6.07) is 14.4. The van der Waals surface area contributed by atoms with Gasteiger partial charge in [-0.3, -0.25) is 4.98 Å². The lowest BCUT2D eigenvalue weighted by molar-refractivity contribution is 0.533. The van der Waals surface area contributed by atoms with Crippen molar-refractivity contribution in [3.05, 3.63) is 54.6 Å². The van der Waals surface area contributed by atoms with Gasteiger partial charge in [0.05, 0.1) is 17.2 Å². The lowest BCUT2D eigenvalue weighted by Crippen LogP contribution is -2.30. The Morgan fingerprint density at radius 3 is 2.32 bits per heavy atom. The van der Waals surface area contributed by atoms with Gasteiger partial charge < -0.3 is 9.32 Å². The standard InChI is InChI=1S/C22H21N5O/c1-15-25-26-22(28-15)17-7-5-16(6-8-17)18-9-10-19-20(13-18)24-21(14-23-19)27-11-3-2-4-12-27/h5-10,13-14H,2-4,11-12H2,1H3. The van der Waals surface area contributed by atoms with E-state index in [1.165, 1.54) is 19.3 Å². The predicted molar refractivity (Wildman–Crippen MR) is 109 cm³/mol. The molecule has 1 aliphatic heterocycles. The van der Waals surface area contributed by atoms with Crippen molar-refractivity contribution in [2.45, 2.75) is 26.2 Å². The Hall–Kier alpha value is -3.28. The monoisotopic (exact) mass is 371 g/mol. The lowest BCUT2D eigenvalue weighted by Gasteiger charge is -2.27. The summed E-state index contributed by atoms with van der Waals surface area (Å²) >= 11 is 0. The molecule has 3 heterocycles. The molecule has 5 rings (SSSR count). The van der Waals surface area contributed by atoms with Gasteiger partial charge in [-0.2, -0.15) is 0 Å². The third kappa shape index (κ3) is 3.22. The molecule has 0 bridgehead atoms. The quantitative estimate of drug-likeness (QED) is 0.522. The molecule has 0 aliphatic carbocycles. The third-order valence-electron chi connectivity index (χ3n) is 5.20. The first-order valence-electron chi connectivity index (χ1n) is 9.69. The Morgan fingerprint density at radius 1 is 0.821 bits per heavy atom. The van der Waals surface area contributed by atoms with Gasteiger partial charge in [0.15, 0.2) is 0 Å². The SMILES string of the molecule is Cc1nnc(-c2ccc(-c3ccc4ncc(N5CCCCC5)nc4c3)cc2)o1. The van der Waals surface area contributed by atoms with E-state index in [0.717, 1.165) is 46.6 Å². The van der Waals surface area contributed by atoms with Crippen molar-refractivity contribution in [2.24, 2.45) is 0 Å². The maximum atomic E-state index is 5.50. The molecule has 6 heteroatoms. The number of fused-ring (bicyclic) bond motifs is 1. The second-order valence-electron chi connectivity index (χ2n) is 7.18. The molecule has 1 fully saturated rings. The van der Waals surface area contributed by atoms with Crippen LogP contribution in [0.3, 0.4) is 0 Å². The van der Waals surface area contributed by atoms with Crippen molar-refractivity contribution in [1.29, 1.82) is 0 Å². The van der Waals surface area contributed by atoms with Crippen LogP contribution < -0.4 is 4.90 Å². The average Bonchev–Trinajstić information content (AvgIpc) is 3.20. The zero-order chi connectivity index (χ0) is 18.9. The summed E-state index contributed by atoms with van der Waals surface area (Å²) < 4.78 is 5.50. The zero-order valence-corrected chi connectivity index (χ0v) is 15.8. The third-order valence-corrected chi connectivity index (χ3v) is 5.20. The van der Waals surface area contributed by atoms with Crippen LogP contribution in [0.2, 0.25) is 0 Å². The van der Waals surface area contributed by atoms with E-state index in [1.54, 1.807) is 6.92 Å². The molecule has 0 spiro atoms. The molecule has 1 saturated heterocycles. The highest BCUT2D eigenvalue weighted by atomic mass is 16.4. The largest absolute Gasteiger partial charge is 0.421 e. The van der Waals surface area contributed by atoms with Crippen LogP contribution in [0.4, 0.5) is 5.82 Å². The van der Waals surface area contributed by atoms with E-state index in [2.05, 4.69) is 44.3 Å². The van der Waals surface area contributed by atoms with Gasteiger partial charge >= 0.3 is 0 Å². The maximum absolute atomic E-state index is 5.50. The van der Waals surface area contributed by atoms with E-state index < -0.39 is 0 Å². The molecular weight excluding hydrogens is 350 g/mol. The molecule has 0 saturated carbocycles. The van der Waals surface area contributed by atoms with Crippen LogP contribution >= 0.6 is 0 Å². The first-order valence-corrected chi connectivity index (χ1v) is 9.69. The summed E-state index contributed by atoms with van der Waals surface area (Å²) in [5.74, 6) is 2.09. The second-order valence-corrected chi connectivity index (χ2v) is 7.18. The fourth-order valence-electron chi connectivity index (χ4n) is 3.68. The highest BCUT2D eigenvalue weighted by Gasteiger charge is 2.13. The number of aromatic nitrogens is 4.